The Morgan fingerprint density at radius 3 is 2.56 bits per heavy atom. The minimum atomic E-state index is -0.396. The maximum absolute atomic E-state index is 13.2. The van der Waals surface area contributed by atoms with Crippen molar-refractivity contribution in [2.24, 2.45) is 0 Å². The highest BCUT2D eigenvalue weighted by Gasteiger charge is 2.13. The Kier molecular flexibility index (Phi) is 7.58. The number of benzene rings is 2. The second-order valence-corrected chi connectivity index (χ2v) is 8.08. The van der Waals surface area contributed by atoms with E-state index >= 15 is 0 Å². The summed E-state index contributed by atoms with van der Waals surface area (Å²) < 4.78 is 7.15. The molecule has 2 heterocycles. The molecule has 10 heteroatoms. The summed E-state index contributed by atoms with van der Waals surface area (Å²) in [6, 6.07) is 21.0. The highest BCUT2D eigenvalue weighted by Crippen LogP contribution is 2.23. The summed E-state index contributed by atoms with van der Waals surface area (Å²) >= 11 is 5.99. The molecule has 9 nitrogen and oxygen atoms in total. The Hall–Kier alpha value is -4.68. The van der Waals surface area contributed by atoms with Crippen molar-refractivity contribution in [3.05, 3.63) is 99.6 Å². The van der Waals surface area contributed by atoms with Gasteiger partial charge in [0, 0.05) is 23.2 Å². The maximum Gasteiger partial charge on any atom is 0.279 e. The zero-order valence-corrected chi connectivity index (χ0v) is 20.0. The van der Waals surface area contributed by atoms with Crippen LogP contribution in [-0.2, 0) is 11.3 Å². The van der Waals surface area contributed by atoms with Crippen LogP contribution in [-0.4, -0.2) is 20.4 Å². The number of pyridine rings is 1. The minimum absolute atomic E-state index is 0.0946. The van der Waals surface area contributed by atoms with Gasteiger partial charge in [0.15, 0.2) is 0 Å². The zero-order valence-electron chi connectivity index (χ0n) is 19.2. The predicted octanol–water partition coefficient (Wildman–Crippen LogP) is 5.10. The van der Waals surface area contributed by atoms with E-state index in [0.29, 0.717) is 28.3 Å². The first-order valence-corrected chi connectivity index (χ1v) is 11.4. The molecule has 0 aliphatic rings. The molecular formula is C26H21ClN6O3. The van der Waals surface area contributed by atoms with Gasteiger partial charge in [0.25, 0.3) is 5.56 Å². The quantitative estimate of drug-likeness (QED) is 0.345. The zero-order chi connectivity index (χ0) is 25.5. The molecule has 0 saturated carbocycles. The summed E-state index contributed by atoms with van der Waals surface area (Å²) in [6.07, 6.45) is 1.57. The van der Waals surface area contributed by atoms with Crippen LogP contribution < -0.4 is 20.9 Å². The molecule has 2 aromatic carbocycles. The van der Waals surface area contributed by atoms with Gasteiger partial charge in [-0.1, -0.05) is 36.7 Å². The van der Waals surface area contributed by atoms with Gasteiger partial charge in [-0.05, 0) is 48.0 Å². The van der Waals surface area contributed by atoms with Gasteiger partial charge in [0.05, 0.1) is 12.7 Å². The number of hydrogen-bond acceptors (Lipinski definition) is 7. The van der Waals surface area contributed by atoms with Crippen LogP contribution in [0.1, 0.15) is 24.6 Å². The van der Waals surface area contributed by atoms with Gasteiger partial charge in [-0.2, -0.15) is 5.26 Å². The first-order valence-electron chi connectivity index (χ1n) is 11.0. The summed E-state index contributed by atoms with van der Waals surface area (Å²) in [7, 11) is 0. The van der Waals surface area contributed by atoms with E-state index < -0.39 is 5.56 Å². The van der Waals surface area contributed by atoms with Gasteiger partial charge in [-0.3, -0.25) is 14.2 Å². The normalized spacial score (nSPS) is 10.4. The fourth-order valence-electron chi connectivity index (χ4n) is 3.23. The standard InChI is InChI=1S/C26H21ClN6O3/c1-2-23(34)32-22-15-29-26(33(25(22)35)16-17-6-8-18(27)9-7-17)31-19-10-12-21(13-11-19)36-24-5-3-4-20(14-28)30-24/h3-13,15H,2,16H2,1H3,(H,29,31)(H,32,34). The van der Waals surface area contributed by atoms with Gasteiger partial charge in [0.2, 0.25) is 17.7 Å². The van der Waals surface area contributed by atoms with E-state index in [-0.39, 0.29) is 30.3 Å². The van der Waals surface area contributed by atoms with Gasteiger partial charge >= 0.3 is 0 Å². The monoisotopic (exact) mass is 500 g/mol. The Morgan fingerprint density at radius 1 is 1.11 bits per heavy atom. The van der Waals surface area contributed by atoms with Crippen molar-refractivity contribution in [1.29, 1.82) is 5.26 Å². The summed E-state index contributed by atoms with van der Waals surface area (Å²) in [5.41, 5.74) is 1.45. The van der Waals surface area contributed by atoms with E-state index in [4.69, 9.17) is 21.6 Å². The van der Waals surface area contributed by atoms with E-state index in [1.807, 2.05) is 18.2 Å². The number of rotatable bonds is 8. The lowest BCUT2D eigenvalue weighted by Gasteiger charge is -2.16. The number of halogens is 1. The van der Waals surface area contributed by atoms with Crippen LogP contribution in [0.15, 0.2) is 77.7 Å². The van der Waals surface area contributed by atoms with Crippen molar-refractivity contribution in [3.63, 3.8) is 0 Å². The summed E-state index contributed by atoms with van der Waals surface area (Å²) in [6.45, 7) is 1.91. The van der Waals surface area contributed by atoms with Crippen molar-refractivity contribution in [3.8, 4) is 17.7 Å². The Bertz CT molecular complexity index is 1480. The topological polar surface area (TPSA) is 122 Å². The number of nitriles is 1. The number of nitrogens with zero attached hydrogens (tertiary/aromatic N) is 4. The van der Waals surface area contributed by atoms with Crippen molar-refractivity contribution in [2.75, 3.05) is 10.6 Å². The number of amides is 1. The smallest absolute Gasteiger partial charge is 0.279 e. The third kappa shape index (κ3) is 6.05. The lowest BCUT2D eigenvalue weighted by atomic mass is 10.2. The van der Waals surface area contributed by atoms with Gasteiger partial charge in [0.1, 0.15) is 23.2 Å². The van der Waals surface area contributed by atoms with Crippen LogP contribution >= 0.6 is 11.6 Å². The fraction of sp³-hybridized carbons (Fsp3) is 0.115. The molecule has 0 unspecified atom stereocenters. The average Bonchev–Trinajstić information content (AvgIpc) is 2.90. The van der Waals surface area contributed by atoms with Gasteiger partial charge < -0.3 is 15.4 Å². The molecule has 180 valence electrons. The Morgan fingerprint density at radius 2 is 1.86 bits per heavy atom. The van der Waals surface area contributed by atoms with Crippen LogP contribution in [0, 0.1) is 11.3 Å². The summed E-state index contributed by atoms with van der Waals surface area (Å²) in [4.78, 5) is 33.5. The van der Waals surface area contributed by atoms with Crippen molar-refractivity contribution >= 4 is 34.8 Å². The molecule has 2 N–H and O–H groups in total. The second-order valence-electron chi connectivity index (χ2n) is 7.64. The van der Waals surface area contributed by atoms with Crippen LogP contribution in [0.25, 0.3) is 0 Å². The van der Waals surface area contributed by atoms with Gasteiger partial charge in [-0.25, -0.2) is 9.97 Å². The molecule has 0 atom stereocenters. The second kappa shape index (κ2) is 11.2. The Balaban J connectivity index is 1.59. The molecule has 0 fully saturated rings. The maximum atomic E-state index is 13.2. The molecule has 4 rings (SSSR count). The Labute approximate surface area is 212 Å². The van der Waals surface area contributed by atoms with Gasteiger partial charge in [-0.15, -0.1) is 0 Å². The van der Waals surface area contributed by atoms with Crippen molar-refractivity contribution in [1.82, 2.24) is 14.5 Å². The van der Waals surface area contributed by atoms with E-state index in [9.17, 15) is 9.59 Å². The molecule has 0 saturated heterocycles. The molecule has 0 aliphatic heterocycles. The van der Waals surface area contributed by atoms with Crippen LogP contribution in [0.5, 0.6) is 11.6 Å². The highest BCUT2D eigenvalue weighted by molar-refractivity contribution is 6.30. The summed E-state index contributed by atoms with van der Waals surface area (Å²) in [5, 5.41) is 15.3. The number of nitrogens with one attached hydrogen (secondary N) is 2. The van der Waals surface area contributed by atoms with Crippen molar-refractivity contribution in [2.45, 2.75) is 19.9 Å². The van der Waals surface area contributed by atoms with Crippen LogP contribution in [0.4, 0.5) is 17.3 Å². The van der Waals surface area contributed by atoms with E-state index in [0.717, 1.165) is 5.56 Å². The largest absolute Gasteiger partial charge is 0.439 e. The molecule has 0 bridgehead atoms. The molecule has 1 amide bonds. The number of ether oxygens (including phenoxy) is 1. The minimum Gasteiger partial charge on any atom is -0.439 e. The average molecular weight is 501 g/mol. The number of carbonyl (C=O) groups excluding carboxylic acids is 1. The van der Waals surface area contributed by atoms with Crippen molar-refractivity contribution < 1.29 is 9.53 Å². The number of carbonyl (C=O) groups is 1. The molecule has 0 radical (unpaired) electrons. The number of anilines is 3. The molecule has 4 aromatic rings. The molecule has 0 spiro atoms. The molecule has 0 aliphatic carbocycles. The molecule has 36 heavy (non-hydrogen) atoms. The van der Waals surface area contributed by atoms with Crippen LogP contribution in [0.2, 0.25) is 5.02 Å². The molecule has 2 aromatic heterocycles. The first kappa shape index (κ1) is 24.4. The predicted molar refractivity (Wildman–Crippen MR) is 137 cm³/mol. The van der Waals surface area contributed by atoms with E-state index in [2.05, 4.69) is 20.6 Å². The van der Waals surface area contributed by atoms with E-state index in [1.54, 1.807) is 61.5 Å². The van der Waals surface area contributed by atoms with Crippen LogP contribution in [0.3, 0.4) is 0 Å². The fourth-order valence-corrected chi connectivity index (χ4v) is 3.35. The lowest BCUT2D eigenvalue weighted by molar-refractivity contribution is -0.115. The third-order valence-electron chi connectivity index (χ3n) is 5.07. The SMILES string of the molecule is CCC(=O)Nc1cnc(Nc2ccc(Oc3cccc(C#N)n3)cc2)n(Cc2ccc(Cl)cc2)c1=O. The molecular weight excluding hydrogens is 480 g/mol. The highest BCUT2D eigenvalue weighted by atomic mass is 35.5. The van der Waals surface area contributed by atoms with E-state index in [1.165, 1.54) is 10.8 Å². The third-order valence-corrected chi connectivity index (χ3v) is 5.32. The first-order chi connectivity index (χ1) is 17.4. The number of aromatic nitrogens is 3. The summed E-state index contributed by atoms with van der Waals surface area (Å²) in [5.74, 6) is 0.838. The number of hydrogen-bond donors (Lipinski definition) is 2. The lowest BCUT2D eigenvalue weighted by Crippen LogP contribution is -2.28.